The van der Waals surface area contributed by atoms with Gasteiger partial charge in [-0.1, -0.05) is 31.2 Å². The summed E-state index contributed by atoms with van der Waals surface area (Å²) >= 11 is 0. The van der Waals surface area contributed by atoms with E-state index in [2.05, 4.69) is 0 Å². The van der Waals surface area contributed by atoms with Gasteiger partial charge in [-0.15, -0.1) is 0 Å². The molecule has 4 aliphatic heterocycles. The average molecular weight is 447 g/mol. The summed E-state index contributed by atoms with van der Waals surface area (Å²) < 4.78 is 12.2. The number of amides is 2. The van der Waals surface area contributed by atoms with Crippen molar-refractivity contribution in [3.63, 3.8) is 0 Å². The van der Waals surface area contributed by atoms with Gasteiger partial charge in [-0.25, -0.2) is 0 Å². The first kappa shape index (κ1) is 23.0. The summed E-state index contributed by atoms with van der Waals surface area (Å²) in [7, 11) is 0. The summed E-state index contributed by atoms with van der Waals surface area (Å²) in [6.07, 6.45) is 9.42. The zero-order chi connectivity index (χ0) is 23.3. The number of cyclic esters (lactones) is 1. The van der Waals surface area contributed by atoms with Gasteiger partial charge in [0.25, 0.3) is 0 Å². The van der Waals surface area contributed by atoms with Crippen LogP contribution in [0.15, 0.2) is 24.3 Å². The summed E-state index contributed by atoms with van der Waals surface area (Å²) in [5.41, 5.74) is -2.38. The quantitative estimate of drug-likeness (QED) is 0.518. The first-order valence-corrected chi connectivity index (χ1v) is 11.7. The van der Waals surface area contributed by atoms with Gasteiger partial charge in [0.15, 0.2) is 0 Å². The fraction of sp³-hybridized carbons (Fsp3) is 0.708. The summed E-state index contributed by atoms with van der Waals surface area (Å²) in [6.45, 7) is 7.93. The highest BCUT2D eigenvalue weighted by Crippen LogP contribution is 2.57. The zero-order valence-corrected chi connectivity index (χ0v) is 19.3. The Labute approximate surface area is 189 Å². The molecule has 0 radical (unpaired) electrons. The fourth-order valence-electron chi connectivity index (χ4n) is 5.86. The number of carbonyl (C=O) groups excluding carboxylic acids is 3. The maximum atomic E-state index is 14.0. The highest BCUT2D eigenvalue weighted by Gasteiger charge is 2.75. The Bertz CT molecular complexity index is 849. The van der Waals surface area contributed by atoms with Crippen LogP contribution in [-0.4, -0.2) is 81.8 Å². The Hall–Kier alpha value is -2.19. The molecule has 4 aliphatic rings. The molecule has 0 aromatic rings. The molecule has 0 saturated carbocycles. The van der Waals surface area contributed by atoms with Crippen LogP contribution in [0.2, 0.25) is 0 Å². The standard InChI is InChI=1S/C24H34N2O6/c1-5-16(14-27)26-19-21(29)25(15(2)3)12-9-11-24(19)17(20(26)28)18-22(30)31-13-8-6-7-10-23(18,4)32-24/h7,9-11,15-19,27H,5-6,8,12-14H2,1-4H3/b10-7-/t16-,17-,18-,19?,23+,24-/m0/s1. The number of allylic oxidation sites excluding steroid dienone is 1. The number of fused-ring (bicyclic) bond motifs is 2. The second kappa shape index (κ2) is 8.30. The molecule has 1 spiro atoms. The van der Waals surface area contributed by atoms with Crippen molar-refractivity contribution in [1.82, 2.24) is 9.80 Å². The van der Waals surface area contributed by atoms with E-state index in [1.807, 2.05) is 45.1 Å². The lowest BCUT2D eigenvalue weighted by Crippen LogP contribution is -2.59. The van der Waals surface area contributed by atoms with Gasteiger partial charge >= 0.3 is 5.97 Å². The van der Waals surface area contributed by atoms with E-state index in [-0.39, 0.29) is 31.1 Å². The predicted molar refractivity (Wildman–Crippen MR) is 116 cm³/mol. The van der Waals surface area contributed by atoms with E-state index in [4.69, 9.17) is 9.47 Å². The molecule has 1 N–H and O–H groups in total. The van der Waals surface area contributed by atoms with Gasteiger partial charge in [-0.05, 0) is 40.0 Å². The van der Waals surface area contributed by atoms with Crippen molar-refractivity contribution in [3.05, 3.63) is 24.3 Å². The van der Waals surface area contributed by atoms with Crippen LogP contribution in [0.5, 0.6) is 0 Å². The molecular weight excluding hydrogens is 412 g/mol. The van der Waals surface area contributed by atoms with Crippen molar-refractivity contribution < 1.29 is 29.0 Å². The van der Waals surface area contributed by atoms with E-state index >= 15 is 0 Å². The van der Waals surface area contributed by atoms with Gasteiger partial charge in [-0.2, -0.15) is 0 Å². The van der Waals surface area contributed by atoms with Gasteiger partial charge in [0.05, 0.1) is 30.8 Å². The summed E-state index contributed by atoms with van der Waals surface area (Å²) in [5, 5.41) is 10.1. The Morgan fingerprint density at radius 2 is 1.91 bits per heavy atom. The van der Waals surface area contributed by atoms with Crippen LogP contribution in [0, 0.1) is 11.8 Å². The number of likely N-dealkylation sites (tertiary alicyclic amines) is 1. The highest BCUT2D eigenvalue weighted by molar-refractivity contribution is 5.99. The Balaban J connectivity index is 1.91. The monoisotopic (exact) mass is 446 g/mol. The SMILES string of the molecule is CC[C@@H](CO)N1C(=O)[C@@H]2[C@H]3C(=O)OCCC/C=C\[C@@]3(C)O[C@@]23C=CCN(C(C)C)C(=O)C13. The minimum absolute atomic E-state index is 0.0773. The number of rotatable bonds is 4. The van der Waals surface area contributed by atoms with E-state index in [9.17, 15) is 19.5 Å². The smallest absolute Gasteiger partial charge is 0.313 e. The predicted octanol–water partition coefficient (Wildman–Crippen LogP) is 1.43. The number of aliphatic hydroxyl groups excluding tert-OH is 1. The lowest BCUT2D eigenvalue weighted by atomic mass is 9.74. The molecule has 176 valence electrons. The minimum Gasteiger partial charge on any atom is -0.465 e. The Morgan fingerprint density at radius 3 is 2.56 bits per heavy atom. The average Bonchev–Trinajstić information content (AvgIpc) is 3.09. The van der Waals surface area contributed by atoms with Crippen molar-refractivity contribution in [2.24, 2.45) is 11.8 Å². The molecule has 1 unspecified atom stereocenters. The number of aliphatic hydroxyl groups is 1. The van der Waals surface area contributed by atoms with E-state index in [1.165, 1.54) is 4.90 Å². The van der Waals surface area contributed by atoms with Crippen LogP contribution in [0.3, 0.4) is 0 Å². The Morgan fingerprint density at radius 1 is 1.16 bits per heavy atom. The lowest BCUT2D eigenvalue weighted by Gasteiger charge is -2.40. The molecule has 8 heteroatoms. The molecule has 0 bridgehead atoms. The van der Waals surface area contributed by atoms with Crippen LogP contribution in [0.4, 0.5) is 0 Å². The van der Waals surface area contributed by atoms with Gasteiger partial charge in [0.2, 0.25) is 11.8 Å². The fourth-order valence-corrected chi connectivity index (χ4v) is 5.86. The van der Waals surface area contributed by atoms with Crippen LogP contribution in [-0.2, 0) is 23.9 Å². The summed E-state index contributed by atoms with van der Waals surface area (Å²) in [6, 6.07) is -1.57. The number of carbonyl (C=O) groups is 3. The molecule has 2 amide bonds. The number of nitrogens with zero attached hydrogens (tertiary/aromatic N) is 2. The van der Waals surface area contributed by atoms with Crippen molar-refractivity contribution >= 4 is 17.8 Å². The van der Waals surface area contributed by atoms with Crippen LogP contribution in [0.25, 0.3) is 0 Å². The zero-order valence-electron chi connectivity index (χ0n) is 19.3. The molecule has 32 heavy (non-hydrogen) atoms. The van der Waals surface area contributed by atoms with E-state index in [1.54, 1.807) is 11.8 Å². The molecule has 2 saturated heterocycles. The van der Waals surface area contributed by atoms with Crippen LogP contribution < -0.4 is 0 Å². The van der Waals surface area contributed by atoms with Crippen molar-refractivity contribution in [2.45, 2.75) is 76.3 Å². The molecule has 0 aliphatic carbocycles. The summed E-state index contributed by atoms with van der Waals surface area (Å²) in [5.74, 6) is -2.81. The van der Waals surface area contributed by atoms with Crippen molar-refractivity contribution in [1.29, 1.82) is 0 Å². The molecule has 0 aromatic carbocycles. The first-order valence-electron chi connectivity index (χ1n) is 11.7. The summed E-state index contributed by atoms with van der Waals surface area (Å²) in [4.78, 5) is 44.3. The van der Waals surface area contributed by atoms with Crippen LogP contribution >= 0.6 is 0 Å². The maximum Gasteiger partial charge on any atom is 0.313 e. The molecule has 2 fully saturated rings. The molecule has 4 heterocycles. The second-order valence-electron chi connectivity index (χ2n) is 9.69. The van der Waals surface area contributed by atoms with Crippen molar-refractivity contribution in [2.75, 3.05) is 19.8 Å². The maximum absolute atomic E-state index is 14.0. The Kier molecular flexibility index (Phi) is 5.96. The second-order valence-corrected chi connectivity index (χ2v) is 9.69. The van der Waals surface area contributed by atoms with E-state index in [0.29, 0.717) is 19.4 Å². The molecule has 6 atom stereocenters. The minimum atomic E-state index is -1.30. The van der Waals surface area contributed by atoms with E-state index < -0.39 is 41.1 Å². The highest BCUT2D eigenvalue weighted by atomic mass is 16.6. The molecular formula is C24H34N2O6. The normalized spacial score (nSPS) is 38.9. The number of hydrogen-bond donors (Lipinski definition) is 1. The molecule has 8 nitrogen and oxygen atoms in total. The first-order chi connectivity index (χ1) is 15.2. The van der Waals surface area contributed by atoms with Crippen molar-refractivity contribution in [3.8, 4) is 0 Å². The third-order valence-electron chi connectivity index (χ3n) is 7.42. The third-order valence-corrected chi connectivity index (χ3v) is 7.42. The van der Waals surface area contributed by atoms with Crippen LogP contribution in [0.1, 0.15) is 47.0 Å². The molecule has 0 aromatic heterocycles. The van der Waals surface area contributed by atoms with Gasteiger partial charge in [0, 0.05) is 12.6 Å². The number of ether oxygens (including phenoxy) is 2. The van der Waals surface area contributed by atoms with E-state index in [0.717, 1.165) is 6.42 Å². The topological polar surface area (TPSA) is 96.4 Å². The lowest BCUT2D eigenvalue weighted by molar-refractivity contribution is -0.161. The largest absolute Gasteiger partial charge is 0.465 e. The number of esters is 1. The van der Waals surface area contributed by atoms with Gasteiger partial charge < -0.3 is 24.4 Å². The number of hydrogen-bond acceptors (Lipinski definition) is 6. The van der Waals surface area contributed by atoms with Gasteiger partial charge in [-0.3, -0.25) is 14.4 Å². The third kappa shape index (κ3) is 3.22. The molecule has 4 rings (SSSR count). The van der Waals surface area contributed by atoms with Gasteiger partial charge in [0.1, 0.15) is 17.6 Å².